The van der Waals surface area contributed by atoms with Gasteiger partial charge in [-0.05, 0) is 33.6 Å². The first-order valence-electron chi connectivity index (χ1n) is 2.49. The van der Waals surface area contributed by atoms with Crippen LogP contribution in [-0.2, 0) is 5.33 Å². The third-order valence-corrected chi connectivity index (χ3v) is 2.03. The van der Waals surface area contributed by atoms with Gasteiger partial charge in [-0.15, -0.1) is 17.0 Å². The van der Waals surface area contributed by atoms with E-state index in [0.717, 1.165) is 9.93 Å². The molecule has 0 aromatic carbocycles. The van der Waals surface area contributed by atoms with Crippen LogP contribution in [0.2, 0.25) is 0 Å². The van der Waals surface area contributed by atoms with Crippen LogP contribution in [0.5, 0.6) is 0 Å². The quantitative estimate of drug-likeness (QED) is 0.568. The van der Waals surface area contributed by atoms with Crippen molar-refractivity contribution in [1.29, 1.82) is 0 Å². The zero-order valence-electron chi connectivity index (χ0n) is 5.05. The highest BCUT2D eigenvalue weighted by atomic mass is 79.9. The summed E-state index contributed by atoms with van der Waals surface area (Å²) in [4.78, 5) is 3.98. The predicted molar refractivity (Wildman–Crippen MR) is 54.9 cm³/mol. The normalized spacial score (nSPS) is 8.60. The molecule has 0 saturated carbocycles. The molecule has 1 aromatic heterocycles. The van der Waals surface area contributed by atoms with Crippen molar-refractivity contribution in [2.45, 2.75) is 5.33 Å². The molecule has 0 aliphatic carbocycles. The highest BCUT2D eigenvalue weighted by molar-refractivity contribution is 9.10. The SMILES string of the molecule is Br.BrCc1ccnc(Br)c1. The summed E-state index contributed by atoms with van der Waals surface area (Å²) in [6.45, 7) is 0. The molecular formula is C6H6Br3N. The van der Waals surface area contributed by atoms with Crippen molar-refractivity contribution in [2.24, 2.45) is 0 Å². The Balaban J connectivity index is 0.000000810. The standard InChI is InChI=1S/C6H5Br2N.BrH/c7-4-5-1-2-9-6(8)3-5;/h1-3H,4H2;1H. The summed E-state index contributed by atoms with van der Waals surface area (Å²) < 4.78 is 0.888. The summed E-state index contributed by atoms with van der Waals surface area (Å²) in [5, 5.41) is 0.883. The molecule has 4 heteroatoms. The largest absolute Gasteiger partial charge is 0.249 e. The minimum absolute atomic E-state index is 0. The van der Waals surface area contributed by atoms with Crippen molar-refractivity contribution in [2.75, 3.05) is 0 Å². The monoisotopic (exact) mass is 329 g/mol. The van der Waals surface area contributed by atoms with Gasteiger partial charge in [0, 0.05) is 11.5 Å². The molecule has 56 valence electrons. The summed E-state index contributed by atoms with van der Waals surface area (Å²) in [5.74, 6) is 0. The molecule has 0 bridgehead atoms. The molecule has 1 nitrogen and oxygen atoms in total. The second kappa shape index (κ2) is 5.27. The van der Waals surface area contributed by atoms with E-state index in [1.807, 2.05) is 12.1 Å². The number of hydrogen-bond acceptors (Lipinski definition) is 1. The van der Waals surface area contributed by atoms with Crippen LogP contribution in [0.4, 0.5) is 0 Å². The van der Waals surface area contributed by atoms with Gasteiger partial charge in [0.1, 0.15) is 4.60 Å². The van der Waals surface area contributed by atoms with Crippen molar-refractivity contribution < 1.29 is 0 Å². The van der Waals surface area contributed by atoms with Crippen molar-refractivity contribution in [3.63, 3.8) is 0 Å². The van der Waals surface area contributed by atoms with Crippen LogP contribution in [0.3, 0.4) is 0 Å². The van der Waals surface area contributed by atoms with Crippen LogP contribution in [0.15, 0.2) is 22.9 Å². The van der Waals surface area contributed by atoms with Crippen LogP contribution in [0.1, 0.15) is 5.56 Å². The van der Waals surface area contributed by atoms with E-state index < -0.39 is 0 Å². The second-order valence-electron chi connectivity index (χ2n) is 1.62. The summed E-state index contributed by atoms with van der Waals surface area (Å²) in [7, 11) is 0. The van der Waals surface area contributed by atoms with Gasteiger partial charge in [-0.25, -0.2) is 4.98 Å². The molecule has 0 unspecified atom stereocenters. The van der Waals surface area contributed by atoms with Crippen molar-refractivity contribution in [3.8, 4) is 0 Å². The molecule has 0 spiro atoms. The zero-order valence-corrected chi connectivity index (χ0v) is 9.94. The molecule has 0 saturated heterocycles. The molecule has 0 radical (unpaired) electrons. The van der Waals surface area contributed by atoms with Crippen molar-refractivity contribution in [3.05, 3.63) is 28.5 Å². The average Bonchev–Trinajstić information content (AvgIpc) is 1.88. The zero-order chi connectivity index (χ0) is 6.69. The first kappa shape index (κ1) is 10.6. The van der Waals surface area contributed by atoms with E-state index in [1.165, 1.54) is 5.56 Å². The fourth-order valence-corrected chi connectivity index (χ4v) is 1.29. The van der Waals surface area contributed by atoms with Gasteiger partial charge in [-0.2, -0.15) is 0 Å². The number of aromatic nitrogens is 1. The third kappa shape index (κ3) is 3.12. The molecular weight excluding hydrogens is 326 g/mol. The topological polar surface area (TPSA) is 12.9 Å². The maximum atomic E-state index is 3.98. The number of nitrogens with zero attached hydrogens (tertiary/aromatic N) is 1. The summed E-state index contributed by atoms with van der Waals surface area (Å²) in [5.41, 5.74) is 1.23. The molecule has 1 heterocycles. The average molecular weight is 332 g/mol. The van der Waals surface area contributed by atoms with Gasteiger partial charge < -0.3 is 0 Å². The molecule has 0 aliphatic heterocycles. The van der Waals surface area contributed by atoms with E-state index >= 15 is 0 Å². The van der Waals surface area contributed by atoms with E-state index in [2.05, 4.69) is 36.8 Å². The van der Waals surface area contributed by atoms with E-state index in [4.69, 9.17) is 0 Å². The number of hydrogen-bond donors (Lipinski definition) is 0. The van der Waals surface area contributed by atoms with Gasteiger partial charge in [0.25, 0.3) is 0 Å². The Morgan fingerprint density at radius 3 is 2.60 bits per heavy atom. The number of alkyl halides is 1. The molecule has 1 aromatic rings. The summed E-state index contributed by atoms with van der Waals surface area (Å²) in [6, 6.07) is 3.95. The summed E-state index contributed by atoms with van der Waals surface area (Å²) in [6.07, 6.45) is 1.78. The van der Waals surface area contributed by atoms with Crippen molar-refractivity contribution >= 4 is 48.8 Å². The fraction of sp³-hybridized carbons (Fsp3) is 0.167. The molecule has 10 heavy (non-hydrogen) atoms. The highest BCUT2D eigenvalue weighted by Gasteiger charge is 1.89. The maximum absolute atomic E-state index is 3.98. The second-order valence-corrected chi connectivity index (χ2v) is 2.99. The first-order valence-corrected chi connectivity index (χ1v) is 4.41. The lowest BCUT2D eigenvalue weighted by atomic mass is 10.3. The van der Waals surface area contributed by atoms with E-state index in [9.17, 15) is 0 Å². The molecule has 0 N–H and O–H groups in total. The molecule has 0 aliphatic rings. The lowest BCUT2D eigenvalue weighted by molar-refractivity contribution is 1.23. The Hall–Kier alpha value is 0.590. The number of rotatable bonds is 1. The van der Waals surface area contributed by atoms with Gasteiger partial charge in [0.2, 0.25) is 0 Å². The van der Waals surface area contributed by atoms with Crippen LogP contribution in [-0.4, -0.2) is 4.98 Å². The van der Waals surface area contributed by atoms with Gasteiger partial charge >= 0.3 is 0 Å². The Kier molecular flexibility index (Phi) is 5.58. The Bertz CT molecular complexity index is 202. The van der Waals surface area contributed by atoms with E-state index in [1.54, 1.807) is 6.20 Å². The van der Waals surface area contributed by atoms with Crippen LogP contribution in [0.25, 0.3) is 0 Å². The predicted octanol–water partition coefficient (Wildman–Crippen LogP) is 3.32. The molecule has 0 fully saturated rings. The Morgan fingerprint density at radius 1 is 1.50 bits per heavy atom. The van der Waals surface area contributed by atoms with Gasteiger partial charge in [0.05, 0.1) is 0 Å². The number of halogens is 3. The van der Waals surface area contributed by atoms with Gasteiger partial charge in [-0.1, -0.05) is 15.9 Å². The van der Waals surface area contributed by atoms with Gasteiger partial charge in [-0.3, -0.25) is 0 Å². The lowest BCUT2D eigenvalue weighted by Crippen LogP contribution is -1.78. The molecule has 1 rings (SSSR count). The maximum Gasteiger partial charge on any atom is 0.106 e. The van der Waals surface area contributed by atoms with E-state index in [-0.39, 0.29) is 17.0 Å². The Morgan fingerprint density at radius 2 is 2.20 bits per heavy atom. The minimum Gasteiger partial charge on any atom is -0.249 e. The molecule has 0 amide bonds. The fourth-order valence-electron chi connectivity index (χ4n) is 0.526. The third-order valence-electron chi connectivity index (χ3n) is 0.945. The minimum atomic E-state index is 0. The van der Waals surface area contributed by atoms with E-state index in [0.29, 0.717) is 0 Å². The van der Waals surface area contributed by atoms with Crippen LogP contribution < -0.4 is 0 Å². The highest BCUT2D eigenvalue weighted by Crippen LogP contribution is 2.10. The Labute approximate surface area is 87.3 Å². The first-order chi connectivity index (χ1) is 4.33. The number of pyridine rings is 1. The molecule has 0 atom stereocenters. The van der Waals surface area contributed by atoms with Crippen LogP contribution in [0, 0.1) is 0 Å². The summed E-state index contributed by atoms with van der Waals surface area (Å²) >= 11 is 6.61. The van der Waals surface area contributed by atoms with Crippen molar-refractivity contribution in [1.82, 2.24) is 4.98 Å². The lowest BCUT2D eigenvalue weighted by Gasteiger charge is -1.92. The smallest absolute Gasteiger partial charge is 0.106 e. The van der Waals surface area contributed by atoms with Crippen LogP contribution >= 0.6 is 48.8 Å². The van der Waals surface area contributed by atoms with Gasteiger partial charge in [0.15, 0.2) is 0 Å².